The first-order valence-corrected chi connectivity index (χ1v) is 9.09. The lowest BCUT2D eigenvalue weighted by atomic mass is 9.44. The van der Waals surface area contributed by atoms with Crippen LogP contribution in [0.25, 0.3) is 0 Å². The third kappa shape index (κ3) is 2.52. The Kier molecular flexibility index (Phi) is 3.33. The smallest absolute Gasteiger partial charge is 0.226 e. The molecule has 3 heteroatoms. The summed E-state index contributed by atoms with van der Waals surface area (Å²) in [5, 5.41) is 6.87. The van der Waals surface area contributed by atoms with Crippen molar-refractivity contribution >= 4 is 5.91 Å². The van der Waals surface area contributed by atoms with Gasteiger partial charge in [-0.05, 0) is 75.2 Å². The summed E-state index contributed by atoms with van der Waals surface area (Å²) in [5.74, 6) is 2.04. The molecule has 0 spiro atoms. The predicted octanol–water partition coefficient (Wildman–Crippen LogP) is 2.85. The summed E-state index contributed by atoms with van der Waals surface area (Å²) in [6.45, 7) is 4.40. The third-order valence-electron chi connectivity index (χ3n) is 6.76. The van der Waals surface area contributed by atoms with Crippen molar-refractivity contribution in [2.45, 2.75) is 70.8 Å². The first-order valence-electron chi connectivity index (χ1n) is 9.09. The molecule has 21 heavy (non-hydrogen) atoms. The number of hydrogen-bond donors (Lipinski definition) is 2. The van der Waals surface area contributed by atoms with Crippen LogP contribution in [0.3, 0.4) is 0 Å². The molecule has 0 radical (unpaired) electrons. The van der Waals surface area contributed by atoms with Crippen molar-refractivity contribution in [3.63, 3.8) is 0 Å². The van der Waals surface area contributed by atoms with Crippen molar-refractivity contribution < 1.29 is 4.79 Å². The Balaban J connectivity index is 1.41. The zero-order valence-corrected chi connectivity index (χ0v) is 13.4. The maximum atomic E-state index is 12.9. The number of rotatable bonds is 3. The van der Waals surface area contributed by atoms with Crippen molar-refractivity contribution in [2.24, 2.45) is 22.7 Å². The second-order valence-corrected chi connectivity index (χ2v) is 8.91. The van der Waals surface area contributed by atoms with Gasteiger partial charge in [-0.1, -0.05) is 13.3 Å². The normalized spacial score (nSPS) is 48.3. The van der Waals surface area contributed by atoms with Crippen molar-refractivity contribution in [3.05, 3.63) is 0 Å². The number of hydrogen-bond acceptors (Lipinski definition) is 2. The number of piperidine rings is 1. The largest absolute Gasteiger partial charge is 0.354 e. The van der Waals surface area contributed by atoms with Crippen molar-refractivity contribution in [1.29, 1.82) is 0 Å². The van der Waals surface area contributed by atoms with Gasteiger partial charge >= 0.3 is 0 Å². The van der Waals surface area contributed by atoms with Crippen LogP contribution >= 0.6 is 0 Å². The number of nitrogens with one attached hydrogen (secondary N) is 2. The molecule has 0 aromatic rings. The van der Waals surface area contributed by atoms with Gasteiger partial charge in [-0.15, -0.1) is 0 Å². The van der Waals surface area contributed by atoms with Gasteiger partial charge in [-0.2, -0.15) is 0 Å². The van der Waals surface area contributed by atoms with E-state index in [1.807, 2.05) is 0 Å². The molecule has 3 nitrogen and oxygen atoms in total. The molecule has 118 valence electrons. The van der Waals surface area contributed by atoms with Crippen LogP contribution in [0.15, 0.2) is 0 Å². The molecule has 1 saturated heterocycles. The quantitative estimate of drug-likeness (QED) is 0.839. The molecule has 3 atom stereocenters. The Morgan fingerprint density at radius 3 is 2.57 bits per heavy atom. The van der Waals surface area contributed by atoms with Crippen molar-refractivity contribution in [2.75, 3.05) is 13.1 Å². The SMILES string of the molecule is CC12CC3CC(C1)CC(C(=O)NCC1CCCCN1)(C3)C2. The Bertz CT molecular complexity index is 413. The highest BCUT2D eigenvalue weighted by Gasteiger charge is 2.58. The average Bonchev–Trinajstić information content (AvgIpc) is 2.43. The minimum atomic E-state index is -0.00645. The number of amides is 1. The summed E-state index contributed by atoms with van der Waals surface area (Å²) in [5.41, 5.74) is 0.456. The highest BCUT2D eigenvalue weighted by atomic mass is 16.2. The van der Waals surface area contributed by atoms with Crippen LogP contribution < -0.4 is 10.6 Å². The van der Waals surface area contributed by atoms with Crippen LogP contribution in [-0.4, -0.2) is 25.0 Å². The molecular weight excluding hydrogens is 260 g/mol. The minimum Gasteiger partial charge on any atom is -0.354 e. The lowest BCUT2D eigenvalue weighted by molar-refractivity contribution is -0.155. The van der Waals surface area contributed by atoms with E-state index in [2.05, 4.69) is 17.6 Å². The maximum absolute atomic E-state index is 12.9. The van der Waals surface area contributed by atoms with E-state index in [0.717, 1.165) is 31.3 Å². The molecule has 1 heterocycles. The van der Waals surface area contributed by atoms with E-state index in [1.54, 1.807) is 0 Å². The fourth-order valence-corrected chi connectivity index (χ4v) is 6.49. The van der Waals surface area contributed by atoms with E-state index >= 15 is 0 Å². The molecule has 4 bridgehead atoms. The lowest BCUT2D eigenvalue weighted by Crippen LogP contribution is -2.57. The molecule has 4 saturated carbocycles. The summed E-state index contributed by atoms with van der Waals surface area (Å²) in [6.07, 6.45) is 11.5. The highest BCUT2D eigenvalue weighted by molar-refractivity contribution is 5.83. The van der Waals surface area contributed by atoms with Gasteiger partial charge in [-0.3, -0.25) is 4.79 Å². The van der Waals surface area contributed by atoms with E-state index < -0.39 is 0 Å². The summed E-state index contributed by atoms with van der Waals surface area (Å²) >= 11 is 0. The van der Waals surface area contributed by atoms with Crippen LogP contribution in [0.5, 0.6) is 0 Å². The molecule has 5 aliphatic rings. The van der Waals surface area contributed by atoms with Crippen LogP contribution in [0.1, 0.15) is 64.7 Å². The first-order chi connectivity index (χ1) is 10.1. The zero-order chi connectivity index (χ0) is 14.5. The van der Waals surface area contributed by atoms with Crippen LogP contribution in [0, 0.1) is 22.7 Å². The Morgan fingerprint density at radius 2 is 1.95 bits per heavy atom. The number of carbonyl (C=O) groups is 1. The topological polar surface area (TPSA) is 41.1 Å². The fourth-order valence-electron chi connectivity index (χ4n) is 6.49. The van der Waals surface area contributed by atoms with Gasteiger partial charge < -0.3 is 10.6 Å². The van der Waals surface area contributed by atoms with E-state index in [1.165, 1.54) is 51.4 Å². The molecule has 1 amide bonds. The van der Waals surface area contributed by atoms with Crippen LogP contribution in [0.2, 0.25) is 0 Å². The molecule has 2 N–H and O–H groups in total. The summed E-state index contributed by atoms with van der Waals surface area (Å²) in [4.78, 5) is 12.9. The van der Waals surface area contributed by atoms with Gasteiger partial charge in [0.25, 0.3) is 0 Å². The van der Waals surface area contributed by atoms with Gasteiger partial charge in [0, 0.05) is 12.6 Å². The Hall–Kier alpha value is -0.570. The third-order valence-corrected chi connectivity index (χ3v) is 6.76. The molecule has 0 aromatic carbocycles. The second-order valence-electron chi connectivity index (χ2n) is 8.91. The fraction of sp³-hybridized carbons (Fsp3) is 0.944. The molecule has 5 fully saturated rings. The molecular formula is C18H30N2O. The van der Waals surface area contributed by atoms with E-state index in [0.29, 0.717) is 17.4 Å². The zero-order valence-electron chi connectivity index (χ0n) is 13.4. The molecule has 4 aliphatic carbocycles. The second kappa shape index (κ2) is 4.97. The summed E-state index contributed by atoms with van der Waals surface area (Å²) in [6, 6.07) is 0.507. The van der Waals surface area contributed by atoms with Gasteiger partial charge in [-0.25, -0.2) is 0 Å². The lowest BCUT2D eigenvalue weighted by Gasteiger charge is -2.60. The summed E-state index contributed by atoms with van der Waals surface area (Å²) in [7, 11) is 0. The van der Waals surface area contributed by atoms with E-state index in [9.17, 15) is 4.79 Å². The molecule has 1 aliphatic heterocycles. The first kappa shape index (κ1) is 14.0. The van der Waals surface area contributed by atoms with Crippen LogP contribution in [0.4, 0.5) is 0 Å². The predicted molar refractivity (Wildman–Crippen MR) is 83.9 cm³/mol. The number of carbonyl (C=O) groups excluding carboxylic acids is 1. The average molecular weight is 290 g/mol. The standard InChI is InChI=1S/C18H30N2O/c1-17-7-13-6-14(8-17)10-18(9-13,12-17)16(21)20-11-15-4-2-3-5-19-15/h13-15,19H,2-12H2,1H3,(H,20,21). The highest BCUT2D eigenvalue weighted by Crippen LogP contribution is 2.65. The Morgan fingerprint density at radius 1 is 1.19 bits per heavy atom. The van der Waals surface area contributed by atoms with Gasteiger partial charge in [0.1, 0.15) is 0 Å². The maximum Gasteiger partial charge on any atom is 0.226 e. The molecule has 3 unspecified atom stereocenters. The van der Waals surface area contributed by atoms with Crippen molar-refractivity contribution in [1.82, 2.24) is 10.6 Å². The van der Waals surface area contributed by atoms with Crippen molar-refractivity contribution in [3.8, 4) is 0 Å². The van der Waals surface area contributed by atoms with Crippen LogP contribution in [-0.2, 0) is 4.79 Å². The summed E-state index contributed by atoms with van der Waals surface area (Å²) < 4.78 is 0. The Labute approximate surface area is 128 Å². The van der Waals surface area contributed by atoms with Gasteiger partial charge in [0.2, 0.25) is 5.91 Å². The van der Waals surface area contributed by atoms with E-state index in [-0.39, 0.29) is 5.41 Å². The molecule has 0 aromatic heterocycles. The monoisotopic (exact) mass is 290 g/mol. The van der Waals surface area contributed by atoms with Gasteiger partial charge in [0.05, 0.1) is 5.41 Å². The molecule has 5 rings (SSSR count). The van der Waals surface area contributed by atoms with E-state index in [4.69, 9.17) is 0 Å². The minimum absolute atomic E-state index is 0.00645. The van der Waals surface area contributed by atoms with Gasteiger partial charge in [0.15, 0.2) is 0 Å².